The first kappa shape index (κ1) is 11.6. The van der Waals surface area contributed by atoms with Crippen LogP contribution in [0.4, 0.5) is 5.69 Å². The minimum absolute atomic E-state index is 0.277. The van der Waals surface area contributed by atoms with Crippen molar-refractivity contribution in [1.82, 2.24) is 0 Å². The number of Topliss-reactive ketones (excluding diaryl/α,β-unsaturated/α-hetero) is 1. The van der Waals surface area contributed by atoms with Crippen molar-refractivity contribution >= 4 is 17.9 Å². The van der Waals surface area contributed by atoms with E-state index in [1.807, 2.05) is 24.3 Å². The lowest BCUT2D eigenvalue weighted by molar-refractivity contribution is -0.129. The minimum atomic E-state index is 0.277. The highest BCUT2D eigenvalue weighted by atomic mass is 16.5. The van der Waals surface area contributed by atoms with E-state index in [2.05, 4.69) is 4.90 Å². The van der Waals surface area contributed by atoms with Crippen molar-refractivity contribution in [3.63, 3.8) is 0 Å². The van der Waals surface area contributed by atoms with E-state index in [-0.39, 0.29) is 12.4 Å². The molecule has 90 valence electrons. The molecule has 0 saturated carbocycles. The number of ether oxygens (including phenoxy) is 1. The van der Waals surface area contributed by atoms with Crippen molar-refractivity contribution in [1.29, 1.82) is 0 Å². The monoisotopic (exact) mass is 233 g/mol. The molecule has 1 aliphatic heterocycles. The molecule has 0 atom stereocenters. The molecule has 4 nitrogen and oxygen atoms in total. The van der Waals surface area contributed by atoms with Gasteiger partial charge in [-0.25, -0.2) is 0 Å². The smallest absolute Gasteiger partial charge is 0.293 e. The van der Waals surface area contributed by atoms with Crippen LogP contribution >= 0.6 is 0 Å². The van der Waals surface area contributed by atoms with Gasteiger partial charge in [0, 0.05) is 18.7 Å². The Labute approximate surface area is 100 Å². The Bertz CT molecular complexity index is 417. The van der Waals surface area contributed by atoms with Crippen molar-refractivity contribution < 1.29 is 14.3 Å². The average Bonchev–Trinajstić information content (AvgIpc) is 2.37. The summed E-state index contributed by atoms with van der Waals surface area (Å²) in [5.74, 6) is 0.283. The molecule has 1 fully saturated rings. The van der Waals surface area contributed by atoms with Gasteiger partial charge >= 0.3 is 0 Å². The maximum absolute atomic E-state index is 11.4. The van der Waals surface area contributed by atoms with E-state index >= 15 is 0 Å². The second kappa shape index (κ2) is 5.48. The Hall–Kier alpha value is -1.84. The largest absolute Gasteiger partial charge is 0.463 e. The van der Waals surface area contributed by atoms with E-state index in [4.69, 9.17) is 4.74 Å². The third-order valence-electron chi connectivity index (χ3n) is 2.84. The van der Waals surface area contributed by atoms with Crippen LogP contribution in [0.3, 0.4) is 0 Å². The lowest BCUT2D eigenvalue weighted by Gasteiger charge is -2.28. The van der Waals surface area contributed by atoms with Gasteiger partial charge in [-0.05, 0) is 24.1 Å². The molecule has 0 amide bonds. The topological polar surface area (TPSA) is 46.6 Å². The molecule has 0 bridgehead atoms. The van der Waals surface area contributed by atoms with Crippen molar-refractivity contribution in [2.24, 2.45) is 0 Å². The Morgan fingerprint density at radius 2 is 2.29 bits per heavy atom. The van der Waals surface area contributed by atoms with Crippen LogP contribution in [0.5, 0.6) is 0 Å². The molecule has 1 saturated heterocycles. The maximum atomic E-state index is 11.4. The molecule has 0 unspecified atom stereocenters. The van der Waals surface area contributed by atoms with E-state index in [0.717, 1.165) is 24.2 Å². The van der Waals surface area contributed by atoms with Crippen LogP contribution in [0.15, 0.2) is 24.3 Å². The number of anilines is 1. The van der Waals surface area contributed by atoms with Crippen molar-refractivity contribution in [2.75, 3.05) is 18.0 Å². The highest BCUT2D eigenvalue weighted by molar-refractivity contribution is 5.84. The number of hydrogen-bond acceptors (Lipinski definition) is 4. The van der Waals surface area contributed by atoms with Gasteiger partial charge in [-0.15, -0.1) is 0 Å². The molecule has 0 aliphatic carbocycles. The number of ketones is 1. The van der Waals surface area contributed by atoms with Gasteiger partial charge in [-0.3, -0.25) is 9.59 Å². The summed E-state index contributed by atoms with van der Waals surface area (Å²) in [4.78, 5) is 23.6. The second-order valence-corrected chi connectivity index (χ2v) is 4.14. The molecule has 1 heterocycles. The van der Waals surface area contributed by atoms with Crippen LogP contribution in [0.25, 0.3) is 0 Å². The summed E-state index contributed by atoms with van der Waals surface area (Å²) in [6.07, 6.45) is 1.60. The van der Waals surface area contributed by atoms with Gasteiger partial charge in [0.25, 0.3) is 6.47 Å². The van der Waals surface area contributed by atoms with Gasteiger partial charge in [-0.1, -0.05) is 12.1 Å². The van der Waals surface area contributed by atoms with Gasteiger partial charge in [0.1, 0.15) is 6.61 Å². The molecule has 4 heteroatoms. The summed E-state index contributed by atoms with van der Waals surface area (Å²) in [6.45, 7) is 2.11. The summed E-state index contributed by atoms with van der Waals surface area (Å²) in [6, 6.07) is 7.75. The van der Waals surface area contributed by atoms with Crippen molar-refractivity contribution in [3.05, 3.63) is 29.8 Å². The van der Waals surface area contributed by atoms with Gasteiger partial charge in [-0.2, -0.15) is 0 Å². The maximum Gasteiger partial charge on any atom is 0.293 e. The lowest BCUT2D eigenvalue weighted by atomic mass is 10.1. The van der Waals surface area contributed by atoms with Crippen LogP contribution in [0.1, 0.15) is 18.4 Å². The van der Waals surface area contributed by atoms with E-state index in [1.165, 1.54) is 0 Å². The first-order valence-corrected chi connectivity index (χ1v) is 5.70. The van der Waals surface area contributed by atoms with Gasteiger partial charge in [0.05, 0.1) is 6.54 Å². The molecule has 0 aromatic heterocycles. The Morgan fingerprint density at radius 1 is 1.41 bits per heavy atom. The predicted molar refractivity (Wildman–Crippen MR) is 63.7 cm³/mol. The minimum Gasteiger partial charge on any atom is -0.463 e. The standard InChI is InChI=1S/C13H15NO3/c15-10-17-9-11-3-1-4-12(7-11)14-6-2-5-13(16)8-14/h1,3-4,7,10H,2,5-6,8-9H2. The quantitative estimate of drug-likeness (QED) is 0.740. The summed E-state index contributed by atoms with van der Waals surface area (Å²) < 4.78 is 4.72. The van der Waals surface area contributed by atoms with Crippen LogP contribution in [0.2, 0.25) is 0 Å². The van der Waals surface area contributed by atoms with Crippen molar-refractivity contribution in [3.8, 4) is 0 Å². The van der Waals surface area contributed by atoms with Crippen molar-refractivity contribution in [2.45, 2.75) is 19.4 Å². The van der Waals surface area contributed by atoms with E-state index in [1.54, 1.807) is 0 Å². The Balaban J connectivity index is 2.09. The summed E-state index contributed by atoms with van der Waals surface area (Å²) in [5, 5.41) is 0. The van der Waals surface area contributed by atoms with Gasteiger partial charge < -0.3 is 9.64 Å². The lowest BCUT2D eigenvalue weighted by Crippen LogP contribution is -2.35. The molecule has 0 spiro atoms. The summed E-state index contributed by atoms with van der Waals surface area (Å²) >= 11 is 0. The van der Waals surface area contributed by atoms with Crippen LogP contribution < -0.4 is 4.90 Å². The average molecular weight is 233 g/mol. The summed E-state index contributed by atoms with van der Waals surface area (Å²) in [7, 11) is 0. The van der Waals surface area contributed by atoms with E-state index in [0.29, 0.717) is 19.4 Å². The third kappa shape index (κ3) is 3.06. The second-order valence-electron chi connectivity index (χ2n) is 4.14. The van der Waals surface area contributed by atoms with Gasteiger partial charge in [0.15, 0.2) is 5.78 Å². The third-order valence-corrected chi connectivity index (χ3v) is 2.84. The molecule has 0 radical (unpaired) electrons. The number of carbonyl (C=O) groups is 2. The van der Waals surface area contributed by atoms with Crippen LogP contribution in [-0.2, 0) is 20.9 Å². The Morgan fingerprint density at radius 3 is 3.06 bits per heavy atom. The zero-order valence-electron chi connectivity index (χ0n) is 9.59. The number of carbonyl (C=O) groups excluding carboxylic acids is 2. The number of rotatable bonds is 4. The zero-order chi connectivity index (χ0) is 12.1. The molecular weight excluding hydrogens is 218 g/mol. The fourth-order valence-corrected chi connectivity index (χ4v) is 2.03. The highest BCUT2D eigenvalue weighted by Gasteiger charge is 2.16. The van der Waals surface area contributed by atoms with Crippen LogP contribution in [-0.4, -0.2) is 25.3 Å². The fraction of sp³-hybridized carbons (Fsp3) is 0.385. The normalized spacial score (nSPS) is 15.8. The fourth-order valence-electron chi connectivity index (χ4n) is 2.03. The molecule has 2 rings (SSSR count). The van der Waals surface area contributed by atoms with Gasteiger partial charge in [0.2, 0.25) is 0 Å². The molecule has 0 N–H and O–H groups in total. The van der Waals surface area contributed by atoms with E-state index in [9.17, 15) is 9.59 Å². The number of benzene rings is 1. The predicted octanol–water partition coefficient (Wildman–Crippen LogP) is 1.53. The molecule has 1 aromatic carbocycles. The highest BCUT2D eigenvalue weighted by Crippen LogP contribution is 2.20. The summed E-state index contributed by atoms with van der Waals surface area (Å²) in [5.41, 5.74) is 1.96. The molecule has 1 aromatic rings. The molecule has 1 aliphatic rings. The van der Waals surface area contributed by atoms with E-state index < -0.39 is 0 Å². The number of hydrogen-bond donors (Lipinski definition) is 0. The SMILES string of the molecule is O=COCc1cccc(N2CCCC(=O)C2)c1. The Kier molecular flexibility index (Phi) is 3.75. The first-order chi connectivity index (χ1) is 8.29. The number of piperidine rings is 1. The molecule has 17 heavy (non-hydrogen) atoms. The first-order valence-electron chi connectivity index (χ1n) is 5.70. The zero-order valence-corrected chi connectivity index (χ0v) is 9.59. The van der Waals surface area contributed by atoms with Crippen LogP contribution in [0, 0.1) is 0 Å². The molecular formula is C13H15NO3. The number of nitrogens with zero attached hydrogens (tertiary/aromatic N) is 1.